The van der Waals surface area contributed by atoms with Crippen molar-refractivity contribution in [1.82, 2.24) is 15.3 Å². The molecule has 132 valence electrons. The van der Waals surface area contributed by atoms with Crippen LogP contribution in [-0.2, 0) is 0 Å². The Kier molecular flexibility index (Phi) is 9.51. The van der Waals surface area contributed by atoms with Crippen LogP contribution in [0, 0.1) is 6.92 Å². The van der Waals surface area contributed by atoms with Gasteiger partial charge in [0.2, 0.25) is 0 Å². The lowest BCUT2D eigenvalue weighted by Crippen LogP contribution is -2.32. The number of nitrogens with two attached hydrogens (primary N) is 1. The summed E-state index contributed by atoms with van der Waals surface area (Å²) < 4.78 is 0. The number of hydrogen-bond acceptors (Lipinski definition) is 4. The number of rotatable bonds is 5. The molecule has 1 aromatic heterocycles. The van der Waals surface area contributed by atoms with Crippen molar-refractivity contribution in [1.29, 1.82) is 0 Å². The second kappa shape index (κ2) is 10.2. The predicted molar refractivity (Wildman–Crippen MR) is 101 cm³/mol. The van der Waals surface area contributed by atoms with E-state index in [1.165, 1.54) is 11.8 Å². The maximum atomic E-state index is 12.0. The molecule has 7 heteroatoms. The Labute approximate surface area is 155 Å². The zero-order valence-corrected chi connectivity index (χ0v) is 15.7. The Hall–Kier alpha value is -1.69. The number of nitrogens with zero attached hydrogens (tertiary/aromatic N) is 2. The normalized spacial score (nSPS) is 11.2. The van der Waals surface area contributed by atoms with Crippen LogP contribution in [0.3, 0.4) is 0 Å². The molecule has 2 rings (SSSR count). The summed E-state index contributed by atoms with van der Waals surface area (Å²) >= 11 is 0. The fraction of sp³-hybridized carbons (Fsp3) is 0.353. The van der Waals surface area contributed by atoms with E-state index in [0.717, 1.165) is 11.3 Å². The van der Waals surface area contributed by atoms with Gasteiger partial charge in [-0.1, -0.05) is 38.1 Å². The number of hydrogen-bond donors (Lipinski definition) is 2. The van der Waals surface area contributed by atoms with E-state index in [9.17, 15) is 4.79 Å². The largest absolute Gasteiger partial charge is 0.349 e. The van der Waals surface area contributed by atoms with Crippen molar-refractivity contribution >= 4 is 30.7 Å². The van der Waals surface area contributed by atoms with Crippen LogP contribution in [0.4, 0.5) is 0 Å². The molecule has 0 aliphatic carbocycles. The Morgan fingerprint density at radius 3 is 2.17 bits per heavy atom. The number of amides is 1. The van der Waals surface area contributed by atoms with E-state index in [0.29, 0.717) is 18.2 Å². The Morgan fingerprint density at radius 2 is 1.67 bits per heavy atom. The summed E-state index contributed by atoms with van der Waals surface area (Å²) in [5.74, 6) is 0.229. The van der Waals surface area contributed by atoms with Crippen LogP contribution < -0.4 is 11.1 Å². The van der Waals surface area contributed by atoms with Crippen LogP contribution >= 0.6 is 24.8 Å². The number of aryl methyl sites for hydroxylation is 1. The second-order valence-electron chi connectivity index (χ2n) is 5.68. The maximum absolute atomic E-state index is 12.0. The molecule has 2 aromatic rings. The van der Waals surface area contributed by atoms with Crippen molar-refractivity contribution in [3.63, 3.8) is 0 Å². The number of benzene rings is 1. The fourth-order valence-electron chi connectivity index (χ4n) is 2.05. The Morgan fingerprint density at radius 1 is 1.08 bits per heavy atom. The molecular formula is C17H24Cl2N4O. The van der Waals surface area contributed by atoms with Gasteiger partial charge in [-0.25, -0.2) is 4.98 Å². The topological polar surface area (TPSA) is 80.9 Å². The molecule has 3 N–H and O–H groups in total. The molecule has 0 spiro atoms. The highest BCUT2D eigenvalue weighted by molar-refractivity contribution is 5.91. The smallest absolute Gasteiger partial charge is 0.271 e. The molecule has 1 unspecified atom stereocenters. The molecule has 24 heavy (non-hydrogen) atoms. The molecule has 5 nitrogen and oxygen atoms in total. The van der Waals surface area contributed by atoms with Gasteiger partial charge in [-0.2, -0.15) is 0 Å². The van der Waals surface area contributed by atoms with Gasteiger partial charge < -0.3 is 11.1 Å². The average Bonchev–Trinajstić information content (AvgIpc) is 2.53. The summed E-state index contributed by atoms with van der Waals surface area (Å²) in [6, 6.07) is 7.93. The maximum Gasteiger partial charge on any atom is 0.271 e. The number of halogens is 2. The van der Waals surface area contributed by atoms with Gasteiger partial charge in [-0.05, 0) is 24.0 Å². The number of nitrogens with one attached hydrogen (secondary N) is 1. The highest BCUT2D eigenvalue weighted by atomic mass is 35.5. The minimum Gasteiger partial charge on any atom is -0.349 e. The molecular weight excluding hydrogens is 347 g/mol. The first kappa shape index (κ1) is 22.3. The van der Waals surface area contributed by atoms with Crippen molar-refractivity contribution in [2.45, 2.75) is 32.7 Å². The van der Waals surface area contributed by atoms with Crippen molar-refractivity contribution in [3.8, 4) is 0 Å². The minimum atomic E-state index is -0.262. The third-order valence-electron chi connectivity index (χ3n) is 3.53. The van der Waals surface area contributed by atoms with E-state index >= 15 is 0 Å². The van der Waals surface area contributed by atoms with Gasteiger partial charge in [0.05, 0.1) is 11.9 Å². The van der Waals surface area contributed by atoms with E-state index in [1.807, 2.05) is 19.1 Å². The van der Waals surface area contributed by atoms with Gasteiger partial charge in [0, 0.05) is 18.8 Å². The van der Waals surface area contributed by atoms with Crippen LogP contribution in [0.5, 0.6) is 0 Å². The molecule has 0 saturated carbocycles. The average molecular weight is 371 g/mol. The van der Waals surface area contributed by atoms with Gasteiger partial charge in [-0.15, -0.1) is 24.8 Å². The van der Waals surface area contributed by atoms with E-state index < -0.39 is 0 Å². The summed E-state index contributed by atoms with van der Waals surface area (Å²) in [6.07, 6.45) is 3.03. The summed E-state index contributed by atoms with van der Waals surface area (Å²) in [7, 11) is 0. The highest BCUT2D eigenvalue weighted by Crippen LogP contribution is 2.17. The second-order valence-corrected chi connectivity index (χ2v) is 5.68. The molecule has 1 amide bonds. The third kappa shape index (κ3) is 6.07. The molecule has 0 saturated heterocycles. The first-order valence-corrected chi connectivity index (χ1v) is 7.39. The van der Waals surface area contributed by atoms with Crippen molar-refractivity contribution in [2.75, 3.05) is 6.54 Å². The quantitative estimate of drug-likeness (QED) is 0.846. The zero-order chi connectivity index (χ0) is 16.1. The molecule has 0 aliphatic rings. The van der Waals surface area contributed by atoms with Crippen LogP contribution in [0.25, 0.3) is 0 Å². The van der Waals surface area contributed by atoms with Crippen molar-refractivity contribution in [3.05, 3.63) is 59.2 Å². The molecule has 1 aromatic carbocycles. The highest BCUT2D eigenvalue weighted by Gasteiger charge is 2.11. The lowest BCUT2D eigenvalue weighted by molar-refractivity contribution is 0.0946. The standard InChI is InChI=1S/C17H22N4O.2ClH/c1-11(2)13-4-6-14(7-5-13)15(18)9-21-17(22)16-10-19-12(3)8-20-16;;/h4-8,10-11,15H,9,18H2,1-3H3,(H,21,22);2*1H. The molecule has 0 fully saturated rings. The molecule has 0 bridgehead atoms. The molecule has 1 atom stereocenters. The van der Waals surface area contributed by atoms with Gasteiger partial charge in [0.25, 0.3) is 5.91 Å². The first-order chi connectivity index (χ1) is 10.5. The van der Waals surface area contributed by atoms with Gasteiger partial charge in [0.1, 0.15) is 5.69 Å². The van der Waals surface area contributed by atoms with E-state index in [-0.39, 0.29) is 36.8 Å². The fourth-order valence-corrected chi connectivity index (χ4v) is 2.05. The molecule has 0 radical (unpaired) electrons. The van der Waals surface area contributed by atoms with Crippen LogP contribution in [0.2, 0.25) is 0 Å². The summed E-state index contributed by atoms with van der Waals surface area (Å²) in [5, 5.41) is 2.79. The minimum absolute atomic E-state index is 0. The molecule has 0 aliphatic heterocycles. The summed E-state index contributed by atoms with van der Waals surface area (Å²) in [5.41, 5.74) is 9.47. The van der Waals surface area contributed by atoms with Gasteiger partial charge in [-0.3, -0.25) is 9.78 Å². The van der Waals surface area contributed by atoms with Crippen molar-refractivity contribution < 1.29 is 4.79 Å². The summed E-state index contributed by atoms with van der Waals surface area (Å²) in [6.45, 7) is 6.48. The van der Waals surface area contributed by atoms with Crippen LogP contribution in [0.1, 0.15) is 53.1 Å². The SMILES string of the molecule is Cc1cnc(C(=O)NCC(N)c2ccc(C(C)C)cc2)cn1.Cl.Cl. The predicted octanol–water partition coefficient (Wildman–Crippen LogP) is 3.18. The Balaban J connectivity index is 0.00000264. The third-order valence-corrected chi connectivity index (χ3v) is 3.53. The van der Waals surface area contributed by atoms with E-state index in [2.05, 4.69) is 41.3 Å². The van der Waals surface area contributed by atoms with E-state index in [1.54, 1.807) is 6.20 Å². The first-order valence-electron chi connectivity index (χ1n) is 7.39. The zero-order valence-electron chi connectivity index (χ0n) is 14.0. The van der Waals surface area contributed by atoms with Gasteiger partial charge >= 0.3 is 0 Å². The monoisotopic (exact) mass is 370 g/mol. The number of carbonyl (C=O) groups is 1. The summed E-state index contributed by atoms with van der Waals surface area (Å²) in [4.78, 5) is 20.1. The van der Waals surface area contributed by atoms with Crippen molar-refractivity contribution in [2.24, 2.45) is 5.73 Å². The van der Waals surface area contributed by atoms with Crippen LogP contribution in [0.15, 0.2) is 36.7 Å². The van der Waals surface area contributed by atoms with Gasteiger partial charge in [0.15, 0.2) is 0 Å². The number of aromatic nitrogens is 2. The lowest BCUT2D eigenvalue weighted by Gasteiger charge is -2.14. The lowest BCUT2D eigenvalue weighted by atomic mass is 9.99. The number of carbonyl (C=O) groups excluding carboxylic acids is 1. The molecule has 1 heterocycles. The van der Waals surface area contributed by atoms with E-state index in [4.69, 9.17) is 5.73 Å². The van der Waals surface area contributed by atoms with Crippen LogP contribution in [-0.4, -0.2) is 22.4 Å². The Bertz CT molecular complexity index is 630.